The SMILES string of the molecule is Cc1cc2ccnc(Cl)c2n1CC1CC1. The summed E-state index contributed by atoms with van der Waals surface area (Å²) in [4.78, 5) is 4.15. The minimum absolute atomic E-state index is 0.626. The van der Waals surface area contributed by atoms with Gasteiger partial charge in [-0.15, -0.1) is 0 Å². The number of aryl methyl sites for hydroxylation is 1. The molecule has 0 aliphatic heterocycles. The fourth-order valence-corrected chi connectivity index (χ4v) is 2.37. The second kappa shape index (κ2) is 3.24. The van der Waals surface area contributed by atoms with E-state index in [9.17, 15) is 0 Å². The number of nitrogens with zero attached hydrogens (tertiary/aromatic N) is 2. The molecule has 2 aromatic rings. The van der Waals surface area contributed by atoms with E-state index in [-0.39, 0.29) is 0 Å². The third-order valence-corrected chi connectivity index (χ3v) is 3.39. The largest absolute Gasteiger partial charge is 0.342 e. The van der Waals surface area contributed by atoms with E-state index < -0.39 is 0 Å². The molecule has 0 amide bonds. The Morgan fingerprint density at radius 3 is 3.07 bits per heavy atom. The number of hydrogen-bond acceptors (Lipinski definition) is 1. The molecule has 0 N–H and O–H groups in total. The van der Waals surface area contributed by atoms with Crippen LogP contribution in [0.4, 0.5) is 0 Å². The van der Waals surface area contributed by atoms with Crippen molar-refractivity contribution in [2.75, 3.05) is 0 Å². The Kier molecular flexibility index (Phi) is 1.99. The van der Waals surface area contributed by atoms with Crippen LogP contribution in [0, 0.1) is 12.8 Å². The summed E-state index contributed by atoms with van der Waals surface area (Å²) >= 11 is 6.15. The molecule has 0 radical (unpaired) electrons. The summed E-state index contributed by atoms with van der Waals surface area (Å²) in [5.74, 6) is 0.857. The molecule has 78 valence electrons. The standard InChI is InChI=1S/C12H13ClN2/c1-8-6-10-4-5-14-12(13)11(10)15(8)7-9-2-3-9/h4-6,9H,2-3,7H2,1H3. The Morgan fingerprint density at radius 2 is 2.33 bits per heavy atom. The van der Waals surface area contributed by atoms with E-state index in [1.807, 2.05) is 6.07 Å². The third-order valence-electron chi connectivity index (χ3n) is 3.11. The predicted octanol–water partition coefficient (Wildman–Crippen LogP) is 3.41. The average molecular weight is 221 g/mol. The highest BCUT2D eigenvalue weighted by atomic mass is 35.5. The Morgan fingerprint density at radius 1 is 1.53 bits per heavy atom. The molecule has 0 saturated heterocycles. The van der Waals surface area contributed by atoms with Gasteiger partial charge in [-0.2, -0.15) is 0 Å². The molecule has 0 spiro atoms. The molecule has 0 unspecified atom stereocenters. The first-order valence-corrected chi connectivity index (χ1v) is 5.74. The maximum atomic E-state index is 6.15. The van der Waals surface area contributed by atoms with Crippen LogP contribution in [0.3, 0.4) is 0 Å². The fraction of sp³-hybridized carbons (Fsp3) is 0.417. The second-order valence-corrected chi connectivity index (χ2v) is 4.74. The maximum absolute atomic E-state index is 6.15. The molecular formula is C12H13ClN2. The van der Waals surface area contributed by atoms with Crippen LogP contribution < -0.4 is 0 Å². The number of rotatable bonds is 2. The molecule has 1 aliphatic rings. The molecule has 1 aliphatic carbocycles. The summed E-state index contributed by atoms with van der Waals surface area (Å²) in [6.07, 6.45) is 4.49. The summed E-state index contributed by atoms with van der Waals surface area (Å²) in [7, 11) is 0. The summed E-state index contributed by atoms with van der Waals surface area (Å²) in [6, 6.07) is 4.21. The molecule has 0 aromatic carbocycles. The first kappa shape index (κ1) is 9.22. The van der Waals surface area contributed by atoms with Crippen LogP contribution in [0.15, 0.2) is 18.3 Å². The van der Waals surface area contributed by atoms with Gasteiger partial charge in [0.25, 0.3) is 0 Å². The maximum Gasteiger partial charge on any atom is 0.153 e. The van der Waals surface area contributed by atoms with Crippen molar-refractivity contribution in [2.24, 2.45) is 5.92 Å². The van der Waals surface area contributed by atoms with Gasteiger partial charge in [0.1, 0.15) is 0 Å². The van der Waals surface area contributed by atoms with E-state index in [4.69, 9.17) is 11.6 Å². The molecule has 0 atom stereocenters. The van der Waals surface area contributed by atoms with E-state index in [1.54, 1.807) is 6.20 Å². The van der Waals surface area contributed by atoms with Gasteiger partial charge in [-0.3, -0.25) is 0 Å². The summed E-state index contributed by atoms with van der Waals surface area (Å²) in [5.41, 5.74) is 2.38. The Labute approximate surface area is 93.9 Å². The molecule has 2 nitrogen and oxygen atoms in total. The van der Waals surface area contributed by atoms with Crippen LogP contribution in [0.1, 0.15) is 18.5 Å². The number of pyridine rings is 1. The van der Waals surface area contributed by atoms with Crippen molar-refractivity contribution in [3.8, 4) is 0 Å². The van der Waals surface area contributed by atoms with Gasteiger partial charge in [0.05, 0.1) is 5.52 Å². The van der Waals surface area contributed by atoms with Crippen molar-refractivity contribution in [3.63, 3.8) is 0 Å². The normalized spacial score (nSPS) is 16.1. The van der Waals surface area contributed by atoms with Gasteiger partial charge in [-0.25, -0.2) is 4.98 Å². The average Bonchev–Trinajstić information content (AvgIpc) is 2.93. The van der Waals surface area contributed by atoms with Gasteiger partial charge in [-0.1, -0.05) is 11.6 Å². The molecule has 2 aromatic heterocycles. The smallest absolute Gasteiger partial charge is 0.153 e. The highest BCUT2D eigenvalue weighted by molar-refractivity contribution is 6.33. The first-order valence-electron chi connectivity index (χ1n) is 5.36. The van der Waals surface area contributed by atoms with Crippen LogP contribution in [0.2, 0.25) is 5.15 Å². The second-order valence-electron chi connectivity index (χ2n) is 4.38. The predicted molar refractivity (Wildman–Crippen MR) is 62.2 cm³/mol. The third kappa shape index (κ3) is 1.53. The topological polar surface area (TPSA) is 17.8 Å². The lowest BCUT2D eigenvalue weighted by molar-refractivity contribution is 0.633. The van der Waals surface area contributed by atoms with Crippen LogP contribution in [0.25, 0.3) is 10.9 Å². The monoisotopic (exact) mass is 220 g/mol. The fourth-order valence-electron chi connectivity index (χ4n) is 2.10. The highest BCUT2D eigenvalue weighted by Gasteiger charge is 2.23. The van der Waals surface area contributed by atoms with E-state index >= 15 is 0 Å². The van der Waals surface area contributed by atoms with Crippen LogP contribution in [-0.4, -0.2) is 9.55 Å². The van der Waals surface area contributed by atoms with Crippen molar-refractivity contribution in [1.82, 2.24) is 9.55 Å². The first-order chi connectivity index (χ1) is 7.25. The van der Waals surface area contributed by atoms with Crippen molar-refractivity contribution in [3.05, 3.63) is 29.2 Å². The minimum Gasteiger partial charge on any atom is -0.342 e. The lowest BCUT2D eigenvalue weighted by atomic mass is 10.3. The van der Waals surface area contributed by atoms with Crippen molar-refractivity contribution in [1.29, 1.82) is 0 Å². The highest BCUT2D eigenvalue weighted by Crippen LogP contribution is 2.34. The van der Waals surface area contributed by atoms with Crippen molar-refractivity contribution >= 4 is 22.5 Å². The summed E-state index contributed by atoms with van der Waals surface area (Å²) in [6.45, 7) is 3.24. The summed E-state index contributed by atoms with van der Waals surface area (Å²) in [5, 5.41) is 1.83. The van der Waals surface area contributed by atoms with Crippen molar-refractivity contribution in [2.45, 2.75) is 26.3 Å². The van der Waals surface area contributed by atoms with Gasteiger partial charge in [0.2, 0.25) is 0 Å². The van der Waals surface area contributed by atoms with Crippen LogP contribution >= 0.6 is 11.6 Å². The lowest BCUT2D eigenvalue weighted by Crippen LogP contribution is -2.01. The lowest BCUT2D eigenvalue weighted by Gasteiger charge is -2.07. The Bertz CT molecular complexity index is 512. The number of aromatic nitrogens is 2. The molecule has 3 heteroatoms. The molecular weight excluding hydrogens is 208 g/mol. The van der Waals surface area contributed by atoms with Gasteiger partial charge < -0.3 is 4.57 Å². The van der Waals surface area contributed by atoms with E-state index in [0.29, 0.717) is 5.15 Å². The molecule has 0 bridgehead atoms. The number of halogens is 1. The van der Waals surface area contributed by atoms with E-state index in [0.717, 1.165) is 18.0 Å². The molecule has 15 heavy (non-hydrogen) atoms. The molecule has 1 saturated carbocycles. The van der Waals surface area contributed by atoms with Gasteiger partial charge in [0.15, 0.2) is 5.15 Å². The summed E-state index contributed by atoms with van der Waals surface area (Å²) < 4.78 is 2.31. The zero-order valence-corrected chi connectivity index (χ0v) is 9.46. The minimum atomic E-state index is 0.626. The molecule has 2 heterocycles. The quantitative estimate of drug-likeness (QED) is 0.710. The zero-order valence-electron chi connectivity index (χ0n) is 8.70. The number of fused-ring (bicyclic) bond motifs is 1. The van der Waals surface area contributed by atoms with Crippen molar-refractivity contribution < 1.29 is 0 Å². The molecule has 3 rings (SSSR count). The van der Waals surface area contributed by atoms with Gasteiger partial charge in [-0.05, 0) is 37.8 Å². The van der Waals surface area contributed by atoms with Gasteiger partial charge >= 0.3 is 0 Å². The Balaban J connectivity index is 2.20. The Hall–Kier alpha value is -1.02. The van der Waals surface area contributed by atoms with Crippen LogP contribution in [0.5, 0.6) is 0 Å². The van der Waals surface area contributed by atoms with Crippen LogP contribution in [-0.2, 0) is 6.54 Å². The number of hydrogen-bond donors (Lipinski definition) is 0. The molecule has 1 fully saturated rings. The van der Waals surface area contributed by atoms with E-state index in [1.165, 1.54) is 23.9 Å². The van der Waals surface area contributed by atoms with Gasteiger partial charge in [0, 0.05) is 23.8 Å². The van der Waals surface area contributed by atoms with E-state index in [2.05, 4.69) is 22.5 Å². The zero-order chi connectivity index (χ0) is 10.4.